The molecule has 2 aromatic heterocycles. The Balaban J connectivity index is 2.07. The summed E-state index contributed by atoms with van der Waals surface area (Å²) in [5, 5.41) is 0. The number of nitrogens with zero attached hydrogens (tertiary/aromatic N) is 3. The molecule has 3 rings (SSSR count). The Labute approximate surface area is 106 Å². The number of hydrogen-bond acceptors (Lipinski definition) is 2. The van der Waals surface area contributed by atoms with Gasteiger partial charge >= 0.3 is 6.18 Å². The van der Waals surface area contributed by atoms with Crippen molar-refractivity contribution in [2.45, 2.75) is 6.18 Å². The fraction of sp³-hybridized carbons (Fsp3) is 0.0769. The average molecular weight is 263 g/mol. The summed E-state index contributed by atoms with van der Waals surface area (Å²) in [6, 6.07) is 6.65. The van der Waals surface area contributed by atoms with E-state index in [1.54, 1.807) is 29.1 Å². The number of rotatable bonds is 1. The maximum Gasteiger partial charge on any atom is 0.416 e. The molecule has 6 heteroatoms. The molecule has 19 heavy (non-hydrogen) atoms. The summed E-state index contributed by atoms with van der Waals surface area (Å²) in [5.74, 6) is 0.567. The molecule has 0 fully saturated rings. The molecular formula is C13H8F3N3. The number of hydrogen-bond donors (Lipinski definition) is 0. The van der Waals surface area contributed by atoms with E-state index < -0.39 is 11.7 Å². The molecule has 0 saturated carbocycles. The zero-order valence-electron chi connectivity index (χ0n) is 9.59. The van der Waals surface area contributed by atoms with Crippen LogP contribution in [0.2, 0.25) is 0 Å². The Morgan fingerprint density at radius 1 is 1.00 bits per heavy atom. The Kier molecular flexibility index (Phi) is 2.51. The standard InChI is InChI=1S/C13H8F3N3/c14-13(15,16)10-4-2-9(3-5-10)12-18-8-11-17-6-1-7-19(11)12/h1-8H. The molecule has 0 unspecified atom stereocenters. The van der Waals surface area contributed by atoms with Crippen molar-refractivity contribution < 1.29 is 13.2 Å². The molecule has 0 aliphatic rings. The van der Waals surface area contributed by atoms with Crippen molar-refractivity contribution in [2.24, 2.45) is 0 Å². The minimum atomic E-state index is -4.32. The van der Waals surface area contributed by atoms with Crippen LogP contribution in [0.5, 0.6) is 0 Å². The highest BCUT2D eigenvalue weighted by atomic mass is 19.4. The van der Waals surface area contributed by atoms with Crippen LogP contribution in [0, 0.1) is 0 Å². The van der Waals surface area contributed by atoms with Crippen molar-refractivity contribution >= 4 is 5.65 Å². The second-order valence-electron chi connectivity index (χ2n) is 4.00. The molecular weight excluding hydrogens is 255 g/mol. The van der Waals surface area contributed by atoms with Crippen molar-refractivity contribution in [3.05, 3.63) is 54.5 Å². The highest BCUT2D eigenvalue weighted by molar-refractivity contribution is 5.60. The summed E-state index contributed by atoms with van der Waals surface area (Å²) in [5.41, 5.74) is 0.591. The lowest BCUT2D eigenvalue weighted by atomic mass is 10.1. The van der Waals surface area contributed by atoms with Crippen LogP contribution < -0.4 is 0 Å². The average Bonchev–Trinajstić information content (AvgIpc) is 2.82. The summed E-state index contributed by atoms with van der Waals surface area (Å²) in [6.07, 6.45) is 0.650. The largest absolute Gasteiger partial charge is 0.416 e. The lowest BCUT2D eigenvalue weighted by Crippen LogP contribution is -2.04. The van der Waals surface area contributed by atoms with Gasteiger partial charge in [0.15, 0.2) is 5.65 Å². The summed E-state index contributed by atoms with van der Waals surface area (Å²) in [4.78, 5) is 8.28. The zero-order valence-corrected chi connectivity index (χ0v) is 9.59. The topological polar surface area (TPSA) is 30.2 Å². The highest BCUT2D eigenvalue weighted by Gasteiger charge is 2.30. The van der Waals surface area contributed by atoms with Gasteiger partial charge in [-0.05, 0) is 18.2 Å². The maximum absolute atomic E-state index is 12.5. The second-order valence-corrected chi connectivity index (χ2v) is 4.00. The molecule has 0 N–H and O–H groups in total. The van der Waals surface area contributed by atoms with Crippen molar-refractivity contribution in [3.8, 4) is 11.4 Å². The summed E-state index contributed by atoms with van der Waals surface area (Å²) < 4.78 is 39.2. The number of fused-ring (bicyclic) bond motifs is 1. The fourth-order valence-corrected chi connectivity index (χ4v) is 1.86. The molecule has 0 bridgehead atoms. The van der Waals surface area contributed by atoms with Gasteiger partial charge in [0, 0.05) is 18.0 Å². The van der Waals surface area contributed by atoms with E-state index in [4.69, 9.17) is 0 Å². The van der Waals surface area contributed by atoms with E-state index in [0.29, 0.717) is 17.0 Å². The van der Waals surface area contributed by atoms with Crippen molar-refractivity contribution in [1.82, 2.24) is 14.4 Å². The van der Waals surface area contributed by atoms with Gasteiger partial charge in [0.25, 0.3) is 0 Å². The van der Waals surface area contributed by atoms with Crippen LogP contribution in [0.4, 0.5) is 13.2 Å². The molecule has 0 radical (unpaired) electrons. The molecule has 0 aliphatic carbocycles. The minimum Gasteiger partial charge on any atom is -0.284 e. The zero-order chi connectivity index (χ0) is 13.5. The summed E-state index contributed by atoms with van der Waals surface area (Å²) in [6.45, 7) is 0. The number of aromatic nitrogens is 3. The lowest BCUT2D eigenvalue weighted by molar-refractivity contribution is -0.137. The quantitative estimate of drug-likeness (QED) is 0.673. The van der Waals surface area contributed by atoms with Crippen LogP contribution in [0.25, 0.3) is 17.0 Å². The predicted molar refractivity (Wildman–Crippen MR) is 63.4 cm³/mol. The van der Waals surface area contributed by atoms with Gasteiger partial charge in [-0.2, -0.15) is 13.2 Å². The normalized spacial score (nSPS) is 11.9. The molecule has 0 amide bonds. The van der Waals surface area contributed by atoms with Gasteiger partial charge in [-0.25, -0.2) is 9.97 Å². The molecule has 0 atom stereocenters. The first-order valence-corrected chi connectivity index (χ1v) is 5.51. The minimum absolute atomic E-state index is 0.567. The molecule has 96 valence electrons. The van der Waals surface area contributed by atoms with Gasteiger partial charge in [0.1, 0.15) is 5.82 Å². The molecule has 0 aliphatic heterocycles. The van der Waals surface area contributed by atoms with Crippen LogP contribution >= 0.6 is 0 Å². The monoisotopic (exact) mass is 263 g/mol. The molecule has 1 aromatic carbocycles. The van der Waals surface area contributed by atoms with Gasteiger partial charge in [0.2, 0.25) is 0 Å². The van der Waals surface area contributed by atoms with Crippen molar-refractivity contribution in [2.75, 3.05) is 0 Å². The summed E-state index contributed by atoms with van der Waals surface area (Å²) in [7, 11) is 0. The number of imidazole rings is 1. The predicted octanol–water partition coefficient (Wildman–Crippen LogP) is 3.42. The van der Waals surface area contributed by atoms with Gasteiger partial charge < -0.3 is 0 Å². The van der Waals surface area contributed by atoms with Crippen LogP contribution in [0.15, 0.2) is 48.9 Å². The van der Waals surface area contributed by atoms with Gasteiger partial charge in [-0.3, -0.25) is 4.40 Å². The van der Waals surface area contributed by atoms with Crippen LogP contribution in [-0.4, -0.2) is 14.4 Å². The third-order valence-electron chi connectivity index (χ3n) is 2.78. The van der Waals surface area contributed by atoms with Crippen molar-refractivity contribution in [1.29, 1.82) is 0 Å². The lowest BCUT2D eigenvalue weighted by Gasteiger charge is -2.07. The van der Waals surface area contributed by atoms with E-state index in [-0.39, 0.29) is 0 Å². The van der Waals surface area contributed by atoms with E-state index in [0.717, 1.165) is 12.1 Å². The van der Waals surface area contributed by atoms with E-state index in [1.807, 2.05) is 0 Å². The van der Waals surface area contributed by atoms with E-state index >= 15 is 0 Å². The first-order chi connectivity index (χ1) is 9.05. The van der Waals surface area contributed by atoms with Gasteiger partial charge in [0.05, 0.1) is 11.8 Å². The molecule has 0 spiro atoms. The SMILES string of the molecule is FC(F)(F)c1ccc(-c2ncc3ncccn23)cc1. The summed E-state index contributed by atoms with van der Waals surface area (Å²) >= 11 is 0. The van der Waals surface area contributed by atoms with Crippen molar-refractivity contribution in [3.63, 3.8) is 0 Å². The third kappa shape index (κ3) is 2.05. The van der Waals surface area contributed by atoms with Gasteiger partial charge in [-0.15, -0.1) is 0 Å². The van der Waals surface area contributed by atoms with E-state index in [9.17, 15) is 13.2 Å². The number of halogens is 3. The Bertz CT molecular complexity index is 714. The first-order valence-electron chi connectivity index (χ1n) is 5.51. The number of alkyl halides is 3. The molecule has 2 heterocycles. The molecule has 0 saturated heterocycles. The Morgan fingerprint density at radius 2 is 1.74 bits per heavy atom. The van der Waals surface area contributed by atoms with Crippen LogP contribution in [0.1, 0.15) is 5.56 Å². The Morgan fingerprint density at radius 3 is 2.42 bits per heavy atom. The van der Waals surface area contributed by atoms with Gasteiger partial charge in [-0.1, -0.05) is 12.1 Å². The highest BCUT2D eigenvalue weighted by Crippen LogP contribution is 2.30. The first kappa shape index (κ1) is 11.7. The number of benzene rings is 1. The van der Waals surface area contributed by atoms with Crippen LogP contribution in [0.3, 0.4) is 0 Å². The van der Waals surface area contributed by atoms with E-state index in [1.165, 1.54) is 12.1 Å². The molecule has 3 nitrogen and oxygen atoms in total. The fourth-order valence-electron chi connectivity index (χ4n) is 1.86. The maximum atomic E-state index is 12.5. The van der Waals surface area contributed by atoms with E-state index in [2.05, 4.69) is 9.97 Å². The molecule has 3 aromatic rings. The second kappa shape index (κ2) is 4.08. The Hall–Kier alpha value is -2.37. The third-order valence-corrected chi connectivity index (χ3v) is 2.78. The van der Waals surface area contributed by atoms with Crippen LogP contribution in [-0.2, 0) is 6.18 Å². The smallest absolute Gasteiger partial charge is 0.284 e.